The fourth-order valence-corrected chi connectivity index (χ4v) is 2.16. The summed E-state index contributed by atoms with van der Waals surface area (Å²) in [6.07, 6.45) is 13.2. The van der Waals surface area contributed by atoms with Crippen molar-refractivity contribution in [1.29, 1.82) is 0 Å². The van der Waals surface area contributed by atoms with E-state index >= 15 is 0 Å². The van der Waals surface area contributed by atoms with Crippen molar-refractivity contribution in [2.24, 2.45) is 10.8 Å². The first kappa shape index (κ1) is 39.2. The van der Waals surface area contributed by atoms with Gasteiger partial charge in [0.15, 0.2) is 0 Å². The van der Waals surface area contributed by atoms with Crippen LogP contribution in [0.5, 0.6) is 0 Å². The Hall–Kier alpha value is 0.640. The van der Waals surface area contributed by atoms with E-state index in [-0.39, 0.29) is 24.8 Å². The Balaban J connectivity index is -0.0000000940. The molecule has 0 amide bonds. The van der Waals surface area contributed by atoms with E-state index in [1.54, 1.807) is 37.2 Å². The SMILES string of the molecule is CC1=[C-]CC(C(C)(C)C)=C1.CC1=[C-]CC(C(C)(C)C)=C1.Cl.Cl.[CH2-]C.[CH2-]C.[SiH2]=[Zr]. The molecule has 0 radical (unpaired) electrons. The van der Waals surface area contributed by atoms with Gasteiger partial charge in [-0.3, -0.25) is 12.2 Å². The normalized spacial score (nSPS) is 14.0. The van der Waals surface area contributed by atoms with Crippen LogP contribution in [-0.4, -0.2) is 6.88 Å². The Morgan fingerprint density at radius 3 is 1.00 bits per heavy atom. The van der Waals surface area contributed by atoms with Crippen LogP contribution < -0.4 is 0 Å². The summed E-state index contributed by atoms with van der Waals surface area (Å²) in [6.45, 7) is 29.7. The standard InChI is InChI=1S/2C10H15.2C2H5.2ClH.H2Si.Zr/c2*1-8-5-6-9(7-8)10(2,3)4;2*1-2;;;;/h2*7H,6H2,1-4H3;2*1H2,2H3;2*1H;1H2;/q4*-1;;;;. The maximum absolute atomic E-state index is 3.30. The van der Waals surface area contributed by atoms with Crippen molar-refractivity contribution in [2.45, 2.75) is 82.1 Å². The Morgan fingerprint density at radius 2 is 0.929 bits per heavy atom. The molecule has 0 bridgehead atoms. The zero-order valence-corrected chi connectivity index (χ0v) is 25.5. The molecule has 2 rings (SSSR count). The molecule has 0 aromatic rings. The van der Waals surface area contributed by atoms with Crippen LogP contribution in [0.4, 0.5) is 0 Å². The third kappa shape index (κ3) is 18.7. The quantitative estimate of drug-likeness (QED) is 0.225. The van der Waals surface area contributed by atoms with E-state index in [2.05, 4.69) is 93.5 Å². The van der Waals surface area contributed by atoms with E-state index in [0.717, 1.165) is 12.8 Å². The number of rotatable bonds is 0. The first-order chi connectivity index (χ1) is 12.0. The van der Waals surface area contributed by atoms with Gasteiger partial charge in [0.05, 0.1) is 0 Å². The second kappa shape index (κ2) is 20.9. The Morgan fingerprint density at radius 1 is 0.714 bits per heavy atom. The van der Waals surface area contributed by atoms with Gasteiger partial charge in [-0.1, -0.05) is 55.4 Å². The first-order valence-corrected chi connectivity index (χ1v) is 15.3. The van der Waals surface area contributed by atoms with Crippen LogP contribution in [0, 0.1) is 36.8 Å². The van der Waals surface area contributed by atoms with Gasteiger partial charge >= 0.3 is 30.2 Å². The molecule has 0 saturated carbocycles. The van der Waals surface area contributed by atoms with E-state index in [9.17, 15) is 0 Å². The Labute approximate surface area is 207 Å². The molecular weight excluding hydrogens is 478 g/mol. The van der Waals surface area contributed by atoms with Crippen LogP contribution in [0.15, 0.2) is 34.4 Å². The third-order valence-corrected chi connectivity index (χ3v) is 3.82. The van der Waals surface area contributed by atoms with Crippen LogP contribution >= 0.6 is 24.8 Å². The summed E-state index contributed by atoms with van der Waals surface area (Å²) in [5.74, 6) is 0. The van der Waals surface area contributed by atoms with Crippen molar-refractivity contribution in [3.63, 3.8) is 0 Å². The predicted octanol–water partition coefficient (Wildman–Crippen LogP) is 7.83. The van der Waals surface area contributed by atoms with Crippen molar-refractivity contribution in [2.75, 3.05) is 0 Å². The van der Waals surface area contributed by atoms with Gasteiger partial charge in [-0.2, -0.15) is 25.0 Å². The number of hydrogen-bond donors (Lipinski definition) is 0. The van der Waals surface area contributed by atoms with Crippen molar-refractivity contribution >= 4 is 31.7 Å². The minimum atomic E-state index is 0. The average molecular weight is 523 g/mol. The molecule has 0 fully saturated rings. The van der Waals surface area contributed by atoms with Gasteiger partial charge in [0.2, 0.25) is 0 Å². The third-order valence-electron chi connectivity index (χ3n) is 3.82. The van der Waals surface area contributed by atoms with Crippen molar-refractivity contribution in [3.05, 3.63) is 60.4 Å². The summed E-state index contributed by atoms with van der Waals surface area (Å²) in [6, 6.07) is 0. The van der Waals surface area contributed by atoms with Gasteiger partial charge in [0, 0.05) is 0 Å². The van der Waals surface area contributed by atoms with Gasteiger partial charge in [-0.05, 0) is 10.8 Å². The molecule has 2 aliphatic rings. The molecule has 4 heteroatoms. The molecule has 0 aromatic carbocycles. The maximum atomic E-state index is 3.30. The fourth-order valence-electron chi connectivity index (χ4n) is 2.16. The molecule has 166 valence electrons. The summed E-state index contributed by atoms with van der Waals surface area (Å²) >= 11 is 1.58. The van der Waals surface area contributed by atoms with Gasteiger partial charge in [0.1, 0.15) is 0 Å². The van der Waals surface area contributed by atoms with Crippen molar-refractivity contribution in [1.82, 2.24) is 0 Å². The molecule has 2 aliphatic carbocycles. The molecule has 0 spiro atoms. The molecule has 0 saturated heterocycles. The first-order valence-electron chi connectivity index (χ1n) is 9.34. The summed E-state index contributed by atoms with van der Waals surface area (Å²) in [7, 11) is 0. The molecular formula is C24H44Cl2SiZr-4. The molecule has 0 unspecified atom stereocenters. The molecule has 0 aliphatic heterocycles. The molecule has 0 N–H and O–H groups in total. The molecule has 0 nitrogen and oxygen atoms in total. The summed E-state index contributed by atoms with van der Waals surface area (Å²) in [5.41, 5.74) is 6.28. The van der Waals surface area contributed by atoms with Crippen LogP contribution in [0.2, 0.25) is 0 Å². The van der Waals surface area contributed by atoms with Crippen LogP contribution in [0.3, 0.4) is 0 Å². The Kier molecular flexibility index (Phi) is 29.2. The average Bonchev–Trinajstić information content (AvgIpc) is 3.22. The zero-order valence-electron chi connectivity index (χ0n) is 20.0. The van der Waals surface area contributed by atoms with Crippen LogP contribution in [0.25, 0.3) is 0 Å². The van der Waals surface area contributed by atoms with E-state index in [1.165, 1.54) is 22.3 Å². The minimum absolute atomic E-state index is 0. The predicted molar refractivity (Wildman–Crippen MR) is 134 cm³/mol. The van der Waals surface area contributed by atoms with Gasteiger partial charge in [-0.25, -0.2) is 23.3 Å². The second-order valence-corrected chi connectivity index (χ2v) is 7.91. The summed E-state index contributed by atoms with van der Waals surface area (Å²) < 4.78 is 0. The number of allylic oxidation sites excluding steroid dienone is 8. The van der Waals surface area contributed by atoms with E-state index < -0.39 is 0 Å². The van der Waals surface area contributed by atoms with Crippen LogP contribution in [-0.2, 0) is 23.3 Å². The van der Waals surface area contributed by atoms with Gasteiger partial charge in [-0.15, -0.1) is 37.7 Å². The van der Waals surface area contributed by atoms with E-state index in [1.807, 2.05) is 6.88 Å². The van der Waals surface area contributed by atoms with Gasteiger partial charge in [0.25, 0.3) is 0 Å². The zero-order chi connectivity index (χ0) is 21.6. The summed E-state index contributed by atoms with van der Waals surface area (Å²) in [5, 5.41) is 0. The monoisotopic (exact) mass is 520 g/mol. The molecule has 0 aromatic heterocycles. The van der Waals surface area contributed by atoms with Gasteiger partial charge < -0.3 is 13.8 Å². The number of halogens is 2. The fraction of sp³-hybridized carbons (Fsp3) is 0.583. The number of hydrogen-bond acceptors (Lipinski definition) is 0. The second-order valence-electron chi connectivity index (χ2n) is 7.91. The molecule has 0 atom stereocenters. The van der Waals surface area contributed by atoms with Crippen LogP contribution in [0.1, 0.15) is 82.1 Å². The molecule has 0 heterocycles. The summed E-state index contributed by atoms with van der Waals surface area (Å²) in [4.78, 5) is 0. The molecule has 28 heavy (non-hydrogen) atoms. The van der Waals surface area contributed by atoms with E-state index in [0.29, 0.717) is 10.8 Å². The Bertz CT molecular complexity index is 456. The van der Waals surface area contributed by atoms with Crippen molar-refractivity contribution in [3.8, 4) is 0 Å². The topological polar surface area (TPSA) is 0 Å². The van der Waals surface area contributed by atoms with E-state index in [4.69, 9.17) is 0 Å². The van der Waals surface area contributed by atoms with Crippen molar-refractivity contribution < 1.29 is 23.3 Å².